The number of rotatable bonds is 6. The molecule has 0 saturated heterocycles. The van der Waals surface area contributed by atoms with Crippen molar-refractivity contribution in [1.82, 2.24) is 4.90 Å². The number of carboxylic acids is 1. The molecule has 0 radical (unpaired) electrons. The van der Waals surface area contributed by atoms with Gasteiger partial charge in [0.25, 0.3) is 0 Å². The van der Waals surface area contributed by atoms with Gasteiger partial charge in [-0.2, -0.15) is 0 Å². The Morgan fingerprint density at radius 2 is 1.87 bits per heavy atom. The topological polar surface area (TPSA) is 57.6 Å². The molecule has 4 nitrogen and oxygen atoms in total. The first kappa shape index (κ1) is 17.3. The Morgan fingerprint density at radius 1 is 1.22 bits per heavy atom. The predicted octanol–water partition coefficient (Wildman–Crippen LogP) is 3.48. The van der Waals surface area contributed by atoms with E-state index in [-0.39, 0.29) is 17.7 Å². The molecular formula is C19H25NO3. The van der Waals surface area contributed by atoms with E-state index in [1.807, 2.05) is 42.2 Å². The molecule has 1 aromatic carbocycles. The summed E-state index contributed by atoms with van der Waals surface area (Å²) in [5, 5.41) is 9.22. The van der Waals surface area contributed by atoms with Crippen molar-refractivity contribution in [2.75, 3.05) is 6.54 Å². The SMILES string of the molecule is C=C(C)CN(Cc1ccccc1)C(=O)[C@@H]1CCC[C@H](C(=O)O)C1. The quantitative estimate of drug-likeness (QED) is 0.818. The number of hydrogen-bond donors (Lipinski definition) is 1. The first-order valence-corrected chi connectivity index (χ1v) is 8.17. The molecule has 1 amide bonds. The minimum Gasteiger partial charge on any atom is -0.481 e. The maximum Gasteiger partial charge on any atom is 0.306 e. The van der Waals surface area contributed by atoms with Crippen LogP contribution in [0.2, 0.25) is 0 Å². The summed E-state index contributed by atoms with van der Waals surface area (Å²) in [4.78, 5) is 25.9. The van der Waals surface area contributed by atoms with E-state index in [4.69, 9.17) is 0 Å². The van der Waals surface area contributed by atoms with Crippen LogP contribution in [0.4, 0.5) is 0 Å². The van der Waals surface area contributed by atoms with Crippen molar-refractivity contribution in [2.45, 2.75) is 39.2 Å². The second kappa shape index (κ2) is 7.95. The number of amides is 1. The average Bonchev–Trinajstić information content (AvgIpc) is 2.54. The molecule has 1 aliphatic carbocycles. The van der Waals surface area contributed by atoms with Gasteiger partial charge in [-0.05, 0) is 31.7 Å². The highest BCUT2D eigenvalue weighted by Gasteiger charge is 2.33. The van der Waals surface area contributed by atoms with Crippen LogP contribution in [0.5, 0.6) is 0 Å². The molecule has 0 heterocycles. The van der Waals surface area contributed by atoms with Crippen LogP contribution in [0.1, 0.15) is 38.2 Å². The van der Waals surface area contributed by atoms with E-state index in [1.165, 1.54) is 0 Å². The van der Waals surface area contributed by atoms with Gasteiger partial charge in [0.05, 0.1) is 5.92 Å². The lowest BCUT2D eigenvalue weighted by atomic mass is 9.80. The molecular weight excluding hydrogens is 290 g/mol. The van der Waals surface area contributed by atoms with E-state index >= 15 is 0 Å². The van der Waals surface area contributed by atoms with Crippen LogP contribution in [-0.2, 0) is 16.1 Å². The molecule has 1 fully saturated rings. The maximum atomic E-state index is 12.9. The number of benzene rings is 1. The lowest BCUT2D eigenvalue weighted by Crippen LogP contribution is -2.39. The molecule has 4 heteroatoms. The fourth-order valence-electron chi connectivity index (χ4n) is 3.24. The van der Waals surface area contributed by atoms with Crippen molar-refractivity contribution in [3.8, 4) is 0 Å². The Labute approximate surface area is 137 Å². The lowest BCUT2D eigenvalue weighted by molar-refractivity contribution is -0.145. The van der Waals surface area contributed by atoms with Crippen molar-refractivity contribution in [1.29, 1.82) is 0 Å². The maximum absolute atomic E-state index is 12.9. The first-order chi connectivity index (χ1) is 11.0. The molecule has 2 rings (SSSR count). The third kappa shape index (κ3) is 4.95. The smallest absolute Gasteiger partial charge is 0.306 e. The minimum absolute atomic E-state index is 0.0582. The summed E-state index contributed by atoms with van der Waals surface area (Å²) in [5.74, 6) is -1.30. The fourth-order valence-corrected chi connectivity index (χ4v) is 3.24. The molecule has 0 aromatic heterocycles. The Hall–Kier alpha value is -2.10. The Bertz CT molecular complexity index is 567. The molecule has 23 heavy (non-hydrogen) atoms. The molecule has 0 bridgehead atoms. The van der Waals surface area contributed by atoms with Gasteiger partial charge in [-0.3, -0.25) is 9.59 Å². The lowest BCUT2D eigenvalue weighted by Gasteiger charge is -2.31. The van der Waals surface area contributed by atoms with Crippen molar-refractivity contribution >= 4 is 11.9 Å². The van der Waals surface area contributed by atoms with Gasteiger partial charge in [0.2, 0.25) is 5.91 Å². The third-order valence-corrected chi connectivity index (χ3v) is 4.36. The second-order valence-electron chi connectivity index (χ2n) is 6.54. The summed E-state index contributed by atoms with van der Waals surface area (Å²) in [5.41, 5.74) is 2.01. The molecule has 1 N–H and O–H groups in total. The highest BCUT2D eigenvalue weighted by atomic mass is 16.4. The number of carboxylic acid groups (broad SMARTS) is 1. The van der Waals surface area contributed by atoms with Crippen LogP contribution in [0.25, 0.3) is 0 Å². The summed E-state index contributed by atoms with van der Waals surface area (Å²) in [6.45, 7) is 6.89. The summed E-state index contributed by atoms with van der Waals surface area (Å²) < 4.78 is 0. The molecule has 124 valence electrons. The summed E-state index contributed by atoms with van der Waals surface area (Å²) in [7, 11) is 0. The van der Waals surface area contributed by atoms with Gasteiger partial charge in [0.1, 0.15) is 0 Å². The zero-order chi connectivity index (χ0) is 16.8. The number of hydrogen-bond acceptors (Lipinski definition) is 2. The van der Waals surface area contributed by atoms with Crippen LogP contribution < -0.4 is 0 Å². The molecule has 1 saturated carbocycles. The monoisotopic (exact) mass is 315 g/mol. The zero-order valence-corrected chi connectivity index (χ0v) is 13.7. The number of carbonyl (C=O) groups excluding carboxylic acids is 1. The average molecular weight is 315 g/mol. The number of aliphatic carboxylic acids is 1. The van der Waals surface area contributed by atoms with E-state index in [9.17, 15) is 14.7 Å². The van der Waals surface area contributed by atoms with E-state index in [1.54, 1.807) is 0 Å². The first-order valence-electron chi connectivity index (χ1n) is 8.17. The largest absolute Gasteiger partial charge is 0.481 e. The van der Waals surface area contributed by atoms with E-state index in [0.717, 1.165) is 24.0 Å². The van der Waals surface area contributed by atoms with Crippen LogP contribution in [-0.4, -0.2) is 28.4 Å². The Balaban J connectivity index is 2.09. The number of carbonyl (C=O) groups is 2. The van der Waals surface area contributed by atoms with Gasteiger partial charge in [-0.25, -0.2) is 0 Å². The van der Waals surface area contributed by atoms with Gasteiger partial charge < -0.3 is 10.0 Å². The van der Waals surface area contributed by atoms with Crippen molar-refractivity contribution < 1.29 is 14.7 Å². The molecule has 1 aliphatic rings. The molecule has 0 aliphatic heterocycles. The van der Waals surface area contributed by atoms with Crippen molar-refractivity contribution in [3.05, 3.63) is 48.0 Å². The van der Waals surface area contributed by atoms with Gasteiger partial charge in [-0.1, -0.05) is 48.9 Å². The third-order valence-electron chi connectivity index (χ3n) is 4.36. The van der Waals surface area contributed by atoms with Crippen molar-refractivity contribution in [2.24, 2.45) is 11.8 Å². The molecule has 1 aromatic rings. The Morgan fingerprint density at radius 3 is 2.48 bits per heavy atom. The second-order valence-corrected chi connectivity index (χ2v) is 6.54. The number of nitrogens with zero attached hydrogens (tertiary/aromatic N) is 1. The van der Waals surface area contributed by atoms with Gasteiger partial charge in [0, 0.05) is 19.0 Å². The van der Waals surface area contributed by atoms with Gasteiger partial charge in [0.15, 0.2) is 0 Å². The van der Waals surface area contributed by atoms with E-state index in [0.29, 0.717) is 25.9 Å². The van der Waals surface area contributed by atoms with Crippen LogP contribution >= 0.6 is 0 Å². The summed E-state index contributed by atoms with van der Waals surface area (Å²) in [6, 6.07) is 9.87. The molecule has 0 unspecified atom stereocenters. The summed E-state index contributed by atoms with van der Waals surface area (Å²) in [6.07, 6.45) is 2.72. The Kier molecular flexibility index (Phi) is 5.97. The zero-order valence-electron chi connectivity index (χ0n) is 13.7. The minimum atomic E-state index is -0.781. The predicted molar refractivity (Wildman–Crippen MR) is 89.8 cm³/mol. The normalized spacial score (nSPS) is 20.7. The van der Waals surface area contributed by atoms with E-state index < -0.39 is 5.97 Å². The highest BCUT2D eigenvalue weighted by Crippen LogP contribution is 2.31. The van der Waals surface area contributed by atoms with Gasteiger partial charge >= 0.3 is 5.97 Å². The van der Waals surface area contributed by atoms with Gasteiger partial charge in [-0.15, -0.1) is 0 Å². The van der Waals surface area contributed by atoms with Crippen LogP contribution in [0, 0.1) is 11.8 Å². The standard InChI is InChI=1S/C19H25NO3/c1-14(2)12-20(13-15-7-4-3-5-8-15)18(21)16-9-6-10-17(11-16)19(22)23/h3-5,7-8,16-17H,1,6,9-13H2,2H3,(H,22,23)/t16-,17+/m1/s1. The molecule has 2 atom stereocenters. The van der Waals surface area contributed by atoms with Crippen molar-refractivity contribution in [3.63, 3.8) is 0 Å². The van der Waals surface area contributed by atoms with Crippen LogP contribution in [0.15, 0.2) is 42.5 Å². The fraction of sp³-hybridized carbons (Fsp3) is 0.474. The highest BCUT2D eigenvalue weighted by molar-refractivity contribution is 5.80. The molecule has 0 spiro atoms. The van der Waals surface area contributed by atoms with Crippen LogP contribution in [0.3, 0.4) is 0 Å². The van der Waals surface area contributed by atoms with E-state index in [2.05, 4.69) is 6.58 Å². The summed E-state index contributed by atoms with van der Waals surface area (Å²) >= 11 is 0.